The number of fused-ring (bicyclic) bond motifs is 6. The van der Waals surface area contributed by atoms with Crippen LogP contribution >= 0.6 is 0 Å². The van der Waals surface area contributed by atoms with Gasteiger partial charge >= 0.3 is 7.69 Å². The van der Waals surface area contributed by atoms with E-state index in [2.05, 4.69) is 130 Å². The van der Waals surface area contributed by atoms with Crippen LogP contribution in [-0.2, 0) is 0 Å². The number of hydrogen-bond acceptors (Lipinski definition) is 2. The van der Waals surface area contributed by atoms with Crippen molar-refractivity contribution in [1.29, 1.82) is 0 Å². The van der Waals surface area contributed by atoms with E-state index < -0.39 is 0 Å². The van der Waals surface area contributed by atoms with Gasteiger partial charge in [-0.05, 0) is 48.5 Å². The van der Waals surface area contributed by atoms with E-state index in [4.69, 9.17) is 9.31 Å². The molecule has 0 atom stereocenters. The normalized spacial score (nSPS) is 11.4. The largest absolute Gasteiger partial charge is 0.576 e. The van der Waals surface area contributed by atoms with Crippen molar-refractivity contribution in [1.82, 2.24) is 9.13 Å². The van der Waals surface area contributed by atoms with Crippen LogP contribution in [0.15, 0.2) is 146 Å². The predicted octanol–water partition coefficient (Wildman–Crippen LogP) is 8.61. The molecule has 2 aromatic heterocycles. The van der Waals surface area contributed by atoms with E-state index in [9.17, 15) is 0 Å². The zero-order chi connectivity index (χ0) is 27.2. The predicted molar refractivity (Wildman–Crippen MR) is 170 cm³/mol. The number of nitrogens with zero attached hydrogens (tertiary/aromatic N) is 2. The fourth-order valence-electron chi connectivity index (χ4n) is 5.99. The minimum absolute atomic E-state index is 0.104. The van der Waals surface area contributed by atoms with Gasteiger partial charge in [0.15, 0.2) is 0 Å². The van der Waals surface area contributed by atoms with Gasteiger partial charge in [-0.3, -0.25) is 0 Å². The molecule has 0 spiro atoms. The van der Waals surface area contributed by atoms with Gasteiger partial charge in [0.25, 0.3) is 0 Å². The third-order valence-corrected chi connectivity index (χ3v) is 7.76. The van der Waals surface area contributed by atoms with Gasteiger partial charge in [-0.1, -0.05) is 84.9 Å². The second-order valence-corrected chi connectivity index (χ2v) is 10.1. The molecule has 0 saturated carbocycles. The lowest BCUT2D eigenvalue weighted by molar-refractivity contribution is 0.459. The average molecular weight is 528 g/mol. The fourth-order valence-corrected chi connectivity index (χ4v) is 5.99. The summed E-state index contributed by atoms with van der Waals surface area (Å²) >= 11 is 0. The Labute approximate surface area is 237 Å². The molecule has 0 saturated heterocycles. The van der Waals surface area contributed by atoms with Gasteiger partial charge in [-0.2, -0.15) is 0 Å². The third-order valence-electron chi connectivity index (χ3n) is 7.76. The summed E-state index contributed by atoms with van der Waals surface area (Å²) < 4.78 is 16.8. The van der Waals surface area contributed by atoms with Crippen LogP contribution in [0.4, 0.5) is 0 Å². The quantitative estimate of drug-likeness (QED) is 0.202. The summed E-state index contributed by atoms with van der Waals surface area (Å²) in [5.41, 5.74) is 6.78. The Bertz CT molecular complexity index is 1950. The standard InChI is InChI=1S/C36H25BN2O2/c1-5-19-33-29(15-1)30-16-2-6-20-34(30)38(33)25-11-9-13-27(23-25)40-37-41-28-14-10-12-26(24-28)39-35-21-7-3-17-31(35)32-18-4-8-22-36(32)39/h1-24,37H. The lowest BCUT2D eigenvalue weighted by Crippen LogP contribution is -2.11. The Balaban J connectivity index is 1.07. The highest BCUT2D eigenvalue weighted by atomic mass is 16.6. The van der Waals surface area contributed by atoms with Gasteiger partial charge in [-0.25, -0.2) is 0 Å². The van der Waals surface area contributed by atoms with Gasteiger partial charge in [-0.15, -0.1) is 0 Å². The van der Waals surface area contributed by atoms with Crippen molar-refractivity contribution in [3.8, 4) is 22.9 Å². The van der Waals surface area contributed by atoms with Crippen molar-refractivity contribution >= 4 is 51.3 Å². The molecule has 8 rings (SSSR count). The Morgan fingerprint density at radius 1 is 0.366 bits per heavy atom. The topological polar surface area (TPSA) is 28.3 Å². The molecule has 0 amide bonds. The Kier molecular flexibility index (Phi) is 5.52. The molecule has 0 unspecified atom stereocenters. The lowest BCUT2D eigenvalue weighted by Gasteiger charge is -2.13. The van der Waals surface area contributed by atoms with Gasteiger partial charge in [0.1, 0.15) is 11.5 Å². The first-order valence-electron chi connectivity index (χ1n) is 13.8. The highest BCUT2D eigenvalue weighted by molar-refractivity contribution is 6.20. The second-order valence-electron chi connectivity index (χ2n) is 10.1. The first-order chi connectivity index (χ1) is 20.3. The lowest BCUT2D eigenvalue weighted by atomic mass is 10.2. The number of benzene rings is 6. The summed E-state index contributed by atoms with van der Waals surface area (Å²) in [6, 6.07) is 50.4. The molecule has 5 heteroatoms. The van der Waals surface area contributed by atoms with Crippen molar-refractivity contribution in [2.45, 2.75) is 0 Å². The summed E-state index contributed by atoms with van der Waals surface area (Å²) in [6.07, 6.45) is 0. The van der Waals surface area contributed by atoms with Crippen LogP contribution in [0.25, 0.3) is 55.0 Å². The van der Waals surface area contributed by atoms with E-state index in [1.165, 1.54) is 43.6 Å². The average Bonchev–Trinajstić information content (AvgIpc) is 3.55. The highest BCUT2D eigenvalue weighted by Gasteiger charge is 2.13. The molecular weight excluding hydrogens is 503 g/mol. The van der Waals surface area contributed by atoms with Crippen LogP contribution in [-0.4, -0.2) is 16.8 Å². The van der Waals surface area contributed by atoms with E-state index in [1.807, 2.05) is 24.3 Å². The van der Waals surface area contributed by atoms with E-state index in [0.717, 1.165) is 22.9 Å². The number of hydrogen-bond donors (Lipinski definition) is 0. The molecule has 0 radical (unpaired) electrons. The Morgan fingerprint density at radius 2 is 0.707 bits per heavy atom. The molecule has 4 nitrogen and oxygen atoms in total. The molecule has 2 heterocycles. The van der Waals surface area contributed by atoms with Crippen molar-refractivity contribution in [2.24, 2.45) is 0 Å². The molecule has 0 bridgehead atoms. The Hall–Kier alpha value is -5.42. The summed E-state index contributed by atoms with van der Waals surface area (Å²) in [6.45, 7) is 0. The minimum Gasteiger partial charge on any atom is -0.528 e. The number of rotatable bonds is 6. The fraction of sp³-hybridized carbons (Fsp3) is 0. The van der Waals surface area contributed by atoms with E-state index in [1.54, 1.807) is 0 Å². The van der Waals surface area contributed by atoms with Crippen LogP contribution in [0.3, 0.4) is 0 Å². The molecule has 0 aliphatic carbocycles. The van der Waals surface area contributed by atoms with E-state index in [0.29, 0.717) is 0 Å². The minimum atomic E-state index is 0.104. The Morgan fingerprint density at radius 3 is 1.07 bits per heavy atom. The summed E-state index contributed by atoms with van der Waals surface area (Å²) in [4.78, 5) is 0. The molecule has 0 N–H and O–H groups in total. The SMILES string of the molecule is B(Oc1cccc(-n2c3ccccc3c3ccccc32)c1)Oc1cccc(-n2c3ccccc3c3ccccc32)c1. The maximum Gasteiger partial charge on any atom is 0.576 e. The van der Waals surface area contributed by atoms with Gasteiger partial charge in [0, 0.05) is 45.1 Å². The van der Waals surface area contributed by atoms with Gasteiger partial charge < -0.3 is 18.4 Å². The summed E-state index contributed by atoms with van der Waals surface area (Å²) in [5.74, 6) is 1.51. The molecule has 41 heavy (non-hydrogen) atoms. The number of para-hydroxylation sites is 4. The zero-order valence-corrected chi connectivity index (χ0v) is 22.3. The van der Waals surface area contributed by atoms with Crippen LogP contribution in [0.2, 0.25) is 0 Å². The van der Waals surface area contributed by atoms with Crippen molar-refractivity contribution < 1.29 is 9.31 Å². The summed E-state index contributed by atoms with van der Waals surface area (Å²) in [7, 11) is 0.104. The second kappa shape index (κ2) is 9.65. The van der Waals surface area contributed by atoms with E-state index in [-0.39, 0.29) is 7.69 Å². The molecule has 194 valence electrons. The van der Waals surface area contributed by atoms with Crippen LogP contribution in [0.1, 0.15) is 0 Å². The van der Waals surface area contributed by atoms with Gasteiger partial charge in [0.05, 0.1) is 22.1 Å². The molecule has 0 aliphatic rings. The molecule has 6 aromatic carbocycles. The maximum atomic E-state index is 6.10. The van der Waals surface area contributed by atoms with Crippen LogP contribution in [0, 0.1) is 0 Å². The van der Waals surface area contributed by atoms with Crippen LogP contribution < -0.4 is 9.31 Å². The molecule has 0 aliphatic heterocycles. The monoisotopic (exact) mass is 528 g/mol. The third kappa shape index (κ3) is 3.94. The van der Waals surface area contributed by atoms with Crippen molar-refractivity contribution in [2.75, 3.05) is 0 Å². The van der Waals surface area contributed by atoms with E-state index >= 15 is 0 Å². The van der Waals surface area contributed by atoms with Crippen molar-refractivity contribution in [3.05, 3.63) is 146 Å². The molecule has 8 aromatic rings. The van der Waals surface area contributed by atoms with Gasteiger partial charge in [0.2, 0.25) is 0 Å². The first-order valence-corrected chi connectivity index (χ1v) is 13.8. The maximum absolute atomic E-state index is 6.10. The first kappa shape index (κ1) is 23.5. The highest BCUT2D eigenvalue weighted by Crippen LogP contribution is 2.34. The van der Waals surface area contributed by atoms with Crippen LogP contribution in [0.5, 0.6) is 11.5 Å². The molecule has 0 fully saturated rings. The number of aromatic nitrogens is 2. The van der Waals surface area contributed by atoms with Crippen molar-refractivity contribution in [3.63, 3.8) is 0 Å². The summed E-state index contributed by atoms with van der Waals surface area (Å²) in [5, 5.41) is 4.95. The zero-order valence-electron chi connectivity index (χ0n) is 22.3. The molecular formula is C36H25BN2O2. The smallest absolute Gasteiger partial charge is 0.528 e.